The Balaban J connectivity index is 1.30. The summed E-state index contributed by atoms with van der Waals surface area (Å²) in [5.41, 5.74) is 10.8. The van der Waals surface area contributed by atoms with Gasteiger partial charge in [-0.15, -0.1) is 11.3 Å². The Morgan fingerprint density at radius 3 is 2.28 bits per heavy atom. The number of hydrogen-bond acceptors (Lipinski definition) is 4. The van der Waals surface area contributed by atoms with Gasteiger partial charge in [-0.1, -0.05) is 98.8 Å². The van der Waals surface area contributed by atoms with Gasteiger partial charge in [0.1, 0.15) is 11.2 Å². The van der Waals surface area contributed by atoms with Gasteiger partial charge < -0.3 is 4.42 Å². The molecule has 5 aromatic carbocycles. The molecule has 0 saturated heterocycles. The van der Waals surface area contributed by atoms with Gasteiger partial charge in [-0.3, -0.25) is 0 Å². The molecule has 0 amide bonds. The lowest BCUT2D eigenvalue weighted by Crippen LogP contribution is -2.14. The van der Waals surface area contributed by atoms with Crippen molar-refractivity contribution in [1.29, 1.82) is 0 Å². The average molecular weight is 571 g/mol. The molecule has 8 aromatic rings. The van der Waals surface area contributed by atoms with E-state index in [1.54, 1.807) is 11.3 Å². The predicted octanol–water partition coefficient (Wildman–Crippen LogP) is 10.9. The number of para-hydroxylation sites is 1. The maximum absolute atomic E-state index is 6.25. The summed E-state index contributed by atoms with van der Waals surface area (Å²) in [5.74, 6) is 0.690. The van der Waals surface area contributed by atoms with Crippen LogP contribution >= 0.6 is 11.3 Å². The molecular formula is C39H26N2OS. The van der Waals surface area contributed by atoms with Crippen LogP contribution in [0.2, 0.25) is 0 Å². The minimum atomic E-state index is -0.0849. The lowest BCUT2D eigenvalue weighted by atomic mass is 9.82. The van der Waals surface area contributed by atoms with Gasteiger partial charge in [-0.25, -0.2) is 9.97 Å². The highest BCUT2D eigenvalue weighted by Gasteiger charge is 2.36. The van der Waals surface area contributed by atoms with E-state index in [1.807, 2.05) is 18.2 Å². The molecule has 0 bridgehead atoms. The highest BCUT2D eigenvalue weighted by atomic mass is 32.1. The number of thiophene rings is 1. The van der Waals surface area contributed by atoms with Crippen molar-refractivity contribution in [3.8, 4) is 44.3 Å². The van der Waals surface area contributed by atoms with Crippen LogP contribution in [-0.4, -0.2) is 9.97 Å². The standard InChI is InChI=1S/C39H26N2OS/c1-39(2)29-14-6-4-12-27(29)37-28(13-9-15-30(37)39)31-22-32(36-21-23-10-3-8-17-35(23)43-36)41-38(40-31)24-18-19-26-25-11-5-7-16-33(25)42-34(26)20-24/h3-22H,1-2H3. The molecule has 1 aliphatic carbocycles. The van der Waals surface area contributed by atoms with Gasteiger partial charge in [0.2, 0.25) is 0 Å². The van der Waals surface area contributed by atoms with Gasteiger partial charge in [0, 0.05) is 32.0 Å². The van der Waals surface area contributed by atoms with Gasteiger partial charge in [-0.2, -0.15) is 0 Å². The number of benzene rings is 5. The molecule has 4 heteroatoms. The van der Waals surface area contributed by atoms with Gasteiger partial charge in [0.05, 0.1) is 16.3 Å². The van der Waals surface area contributed by atoms with Crippen molar-refractivity contribution in [3.63, 3.8) is 0 Å². The van der Waals surface area contributed by atoms with E-state index in [0.717, 1.165) is 49.3 Å². The second kappa shape index (κ2) is 8.97. The Morgan fingerprint density at radius 1 is 0.605 bits per heavy atom. The Hall–Kier alpha value is -5.06. The minimum absolute atomic E-state index is 0.0849. The molecule has 1 aliphatic rings. The maximum atomic E-state index is 6.25. The number of fused-ring (bicyclic) bond motifs is 7. The summed E-state index contributed by atoms with van der Waals surface area (Å²) < 4.78 is 7.50. The zero-order chi connectivity index (χ0) is 28.7. The third-order valence-corrected chi connectivity index (χ3v) is 10.1. The molecular weight excluding hydrogens is 545 g/mol. The highest BCUT2D eigenvalue weighted by molar-refractivity contribution is 7.22. The molecule has 43 heavy (non-hydrogen) atoms. The summed E-state index contributed by atoms with van der Waals surface area (Å²) in [6.45, 7) is 4.64. The first-order valence-electron chi connectivity index (χ1n) is 14.6. The second-order valence-electron chi connectivity index (χ2n) is 11.8. The van der Waals surface area contributed by atoms with Crippen LogP contribution in [0.5, 0.6) is 0 Å². The van der Waals surface area contributed by atoms with Crippen LogP contribution in [0.15, 0.2) is 126 Å². The predicted molar refractivity (Wildman–Crippen MR) is 179 cm³/mol. The number of aromatic nitrogens is 2. The molecule has 0 saturated carbocycles. The van der Waals surface area contributed by atoms with Gasteiger partial charge >= 0.3 is 0 Å². The number of rotatable bonds is 3. The third-order valence-electron chi connectivity index (χ3n) is 8.92. The third kappa shape index (κ3) is 3.66. The van der Waals surface area contributed by atoms with Crippen molar-refractivity contribution >= 4 is 43.4 Å². The average Bonchev–Trinajstić information content (AvgIpc) is 3.71. The molecule has 0 unspecified atom stereocenters. The van der Waals surface area contributed by atoms with Crippen LogP contribution in [0.3, 0.4) is 0 Å². The molecule has 3 nitrogen and oxygen atoms in total. The van der Waals surface area contributed by atoms with Crippen LogP contribution in [0.4, 0.5) is 0 Å². The summed E-state index contributed by atoms with van der Waals surface area (Å²) in [6.07, 6.45) is 0. The van der Waals surface area contributed by atoms with Crippen molar-refractivity contribution < 1.29 is 4.42 Å². The fourth-order valence-corrected chi connectivity index (χ4v) is 7.81. The second-order valence-corrected chi connectivity index (χ2v) is 12.9. The van der Waals surface area contributed by atoms with Gasteiger partial charge in [0.15, 0.2) is 5.82 Å². The van der Waals surface area contributed by atoms with E-state index in [-0.39, 0.29) is 5.41 Å². The first-order valence-corrected chi connectivity index (χ1v) is 15.4. The minimum Gasteiger partial charge on any atom is -0.456 e. The van der Waals surface area contributed by atoms with E-state index < -0.39 is 0 Å². The number of hydrogen-bond donors (Lipinski definition) is 0. The monoisotopic (exact) mass is 570 g/mol. The normalized spacial score (nSPS) is 13.5. The topological polar surface area (TPSA) is 38.9 Å². The zero-order valence-corrected chi connectivity index (χ0v) is 24.6. The summed E-state index contributed by atoms with van der Waals surface area (Å²) >= 11 is 1.77. The lowest BCUT2D eigenvalue weighted by Gasteiger charge is -2.21. The molecule has 0 radical (unpaired) electrons. The molecule has 9 rings (SSSR count). The Kier molecular flexibility index (Phi) is 5.12. The first-order chi connectivity index (χ1) is 21.0. The maximum Gasteiger partial charge on any atom is 0.160 e. The molecule has 0 spiro atoms. The Labute approximate surface area is 253 Å². The van der Waals surface area contributed by atoms with E-state index in [4.69, 9.17) is 14.4 Å². The molecule has 0 atom stereocenters. The largest absolute Gasteiger partial charge is 0.456 e. The fourth-order valence-electron chi connectivity index (χ4n) is 6.78. The molecule has 204 valence electrons. The van der Waals surface area contributed by atoms with E-state index in [1.165, 1.54) is 32.3 Å². The lowest BCUT2D eigenvalue weighted by molar-refractivity contribution is 0.660. The first kappa shape index (κ1) is 24.5. The van der Waals surface area contributed by atoms with Crippen molar-refractivity contribution in [2.24, 2.45) is 0 Å². The van der Waals surface area contributed by atoms with Crippen molar-refractivity contribution in [3.05, 3.63) is 132 Å². The summed E-state index contributed by atoms with van der Waals surface area (Å²) in [7, 11) is 0. The molecule has 0 fully saturated rings. The Morgan fingerprint density at radius 2 is 1.35 bits per heavy atom. The summed E-state index contributed by atoms with van der Waals surface area (Å²) in [4.78, 5) is 11.6. The Bertz CT molecular complexity index is 2360. The van der Waals surface area contributed by atoms with Gasteiger partial charge in [0.25, 0.3) is 0 Å². The molecule has 3 aromatic heterocycles. The van der Waals surface area contributed by atoms with E-state index in [2.05, 4.69) is 117 Å². The summed E-state index contributed by atoms with van der Waals surface area (Å²) in [5, 5.41) is 3.44. The molecule has 3 heterocycles. The van der Waals surface area contributed by atoms with Crippen molar-refractivity contribution in [1.82, 2.24) is 9.97 Å². The molecule has 0 aliphatic heterocycles. The van der Waals surface area contributed by atoms with Gasteiger partial charge in [-0.05, 0) is 64.0 Å². The summed E-state index contributed by atoms with van der Waals surface area (Å²) in [6, 6.07) is 42.9. The van der Waals surface area contributed by atoms with E-state index in [9.17, 15) is 0 Å². The smallest absolute Gasteiger partial charge is 0.160 e. The number of nitrogens with zero attached hydrogens (tertiary/aromatic N) is 2. The van der Waals surface area contributed by atoms with Crippen LogP contribution in [-0.2, 0) is 5.41 Å². The van der Waals surface area contributed by atoms with E-state index >= 15 is 0 Å². The highest BCUT2D eigenvalue weighted by Crippen LogP contribution is 2.52. The zero-order valence-electron chi connectivity index (χ0n) is 23.8. The van der Waals surface area contributed by atoms with E-state index in [0.29, 0.717) is 5.82 Å². The SMILES string of the molecule is CC1(C)c2ccccc2-c2c(-c3cc(-c4cc5ccccc5s4)nc(-c4ccc5c(c4)oc4ccccc45)n3)cccc21. The van der Waals surface area contributed by atoms with Crippen LogP contribution in [0.25, 0.3) is 76.4 Å². The van der Waals surface area contributed by atoms with Crippen molar-refractivity contribution in [2.45, 2.75) is 19.3 Å². The van der Waals surface area contributed by atoms with Crippen LogP contribution in [0.1, 0.15) is 25.0 Å². The van der Waals surface area contributed by atoms with Crippen LogP contribution in [0, 0.1) is 0 Å². The fraction of sp³-hybridized carbons (Fsp3) is 0.0769. The number of furan rings is 1. The van der Waals surface area contributed by atoms with Crippen molar-refractivity contribution in [2.75, 3.05) is 0 Å². The van der Waals surface area contributed by atoms with Crippen LogP contribution < -0.4 is 0 Å². The molecule has 0 N–H and O–H groups in total. The quantitative estimate of drug-likeness (QED) is 0.212.